The number of fused-ring (bicyclic) bond motifs is 1. The molecule has 2 aromatic heterocycles. The van der Waals surface area contributed by atoms with Crippen LogP contribution in [0.1, 0.15) is 46.5 Å². The lowest BCUT2D eigenvalue weighted by Gasteiger charge is -2.30. The highest BCUT2D eigenvalue weighted by Crippen LogP contribution is 2.29. The Morgan fingerprint density at radius 3 is 2.74 bits per heavy atom. The zero-order valence-electron chi connectivity index (χ0n) is 19.9. The number of benzene rings is 1. The Bertz CT molecular complexity index is 1220. The number of hydrogen-bond donors (Lipinski definition) is 2. The van der Waals surface area contributed by atoms with Gasteiger partial charge in [-0.1, -0.05) is 18.6 Å². The zero-order valence-corrected chi connectivity index (χ0v) is 19.9. The Hall–Kier alpha value is -3.49. The third kappa shape index (κ3) is 5.52. The van der Waals surface area contributed by atoms with E-state index in [1.54, 1.807) is 16.9 Å². The first kappa shape index (κ1) is 23.7. The topological polar surface area (TPSA) is 98.1 Å². The highest BCUT2D eigenvalue weighted by molar-refractivity contribution is 5.92. The number of carbonyl (C=O) groups is 2. The van der Waals surface area contributed by atoms with Gasteiger partial charge in [-0.25, -0.2) is 14.2 Å². The van der Waals surface area contributed by atoms with Gasteiger partial charge in [-0.3, -0.25) is 9.48 Å². The molecule has 0 spiro atoms. The summed E-state index contributed by atoms with van der Waals surface area (Å²) in [5.41, 5.74) is 1.32. The average Bonchev–Trinajstić information content (AvgIpc) is 3.14. The van der Waals surface area contributed by atoms with E-state index in [2.05, 4.69) is 20.7 Å². The smallest absolute Gasteiger partial charge is 0.407 e. The molecule has 1 saturated carbocycles. The molecule has 0 aliphatic heterocycles. The summed E-state index contributed by atoms with van der Waals surface area (Å²) in [6, 6.07) is 6.98. The largest absolute Gasteiger partial charge is 0.444 e. The summed E-state index contributed by atoms with van der Waals surface area (Å²) < 4.78 is 21.7. The van der Waals surface area contributed by atoms with Gasteiger partial charge in [0.25, 0.3) is 0 Å². The minimum absolute atomic E-state index is 0.137. The van der Waals surface area contributed by atoms with Crippen LogP contribution in [0, 0.1) is 11.7 Å². The van der Waals surface area contributed by atoms with E-state index in [-0.39, 0.29) is 23.7 Å². The van der Waals surface area contributed by atoms with Crippen LogP contribution in [0.4, 0.5) is 15.0 Å². The van der Waals surface area contributed by atoms with Crippen LogP contribution < -0.4 is 10.6 Å². The minimum Gasteiger partial charge on any atom is -0.444 e. The number of aromatic nitrogens is 3. The first-order valence-electron chi connectivity index (χ1n) is 11.5. The second kappa shape index (κ2) is 9.40. The molecule has 1 aliphatic rings. The van der Waals surface area contributed by atoms with E-state index in [1.165, 1.54) is 0 Å². The summed E-state index contributed by atoms with van der Waals surface area (Å²) in [5.74, 6) is -0.662. The number of aryl methyl sites for hydroxylation is 1. The normalized spacial score (nSPS) is 18.5. The predicted molar refractivity (Wildman–Crippen MR) is 128 cm³/mol. The Morgan fingerprint density at radius 2 is 1.97 bits per heavy atom. The van der Waals surface area contributed by atoms with Gasteiger partial charge in [-0.15, -0.1) is 0 Å². The number of nitrogens with one attached hydrogen (secondary N) is 2. The maximum Gasteiger partial charge on any atom is 0.407 e. The van der Waals surface area contributed by atoms with Crippen molar-refractivity contribution in [2.75, 3.05) is 5.32 Å². The molecule has 1 aliphatic carbocycles. The Balaban J connectivity index is 1.44. The molecule has 1 fully saturated rings. The Kier molecular flexibility index (Phi) is 6.54. The van der Waals surface area contributed by atoms with Crippen molar-refractivity contribution in [3.8, 4) is 11.1 Å². The average molecular weight is 468 g/mol. The van der Waals surface area contributed by atoms with Crippen molar-refractivity contribution in [3.63, 3.8) is 0 Å². The van der Waals surface area contributed by atoms with Crippen molar-refractivity contribution in [3.05, 3.63) is 42.5 Å². The lowest BCUT2D eigenvalue weighted by molar-refractivity contribution is -0.121. The SMILES string of the molecule is Cn1ncc2ccc(-c3cc(NC(=O)[C@H]4CCC[C@@H](NC(=O)OC(C)(C)C)C4)ncc3F)cc21. The van der Waals surface area contributed by atoms with Gasteiger partial charge in [0.15, 0.2) is 0 Å². The molecule has 3 aromatic rings. The number of nitrogens with zero attached hydrogens (tertiary/aromatic N) is 3. The summed E-state index contributed by atoms with van der Waals surface area (Å²) in [4.78, 5) is 29.1. The van der Waals surface area contributed by atoms with Crippen LogP contribution in [0.5, 0.6) is 0 Å². The third-order valence-electron chi connectivity index (χ3n) is 5.93. The summed E-state index contributed by atoms with van der Waals surface area (Å²) in [7, 11) is 1.83. The molecule has 4 rings (SSSR count). The summed E-state index contributed by atoms with van der Waals surface area (Å²) in [6.07, 6.45) is 5.22. The number of rotatable bonds is 4. The monoisotopic (exact) mass is 467 g/mol. The van der Waals surface area contributed by atoms with E-state index >= 15 is 0 Å². The van der Waals surface area contributed by atoms with Crippen molar-refractivity contribution in [1.29, 1.82) is 0 Å². The van der Waals surface area contributed by atoms with Gasteiger partial charge >= 0.3 is 6.09 Å². The van der Waals surface area contributed by atoms with Gasteiger partial charge in [0, 0.05) is 30.0 Å². The Labute approximate surface area is 197 Å². The highest BCUT2D eigenvalue weighted by Gasteiger charge is 2.29. The molecular formula is C25H30FN5O3. The van der Waals surface area contributed by atoms with Gasteiger partial charge in [0.2, 0.25) is 5.91 Å². The molecule has 2 atom stereocenters. The van der Waals surface area contributed by atoms with E-state index in [4.69, 9.17) is 4.74 Å². The van der Waals surface area contributed by atoms with Crippen LogP contribution in [0.2, 0.25) is 0 Å². The van der Waals surface area contributed by atoms with Crippen molar-refractivity contribution in [2.45, 2.75) is 58.1 Å². The lowest BCUT2D eigenvalue weighted by Crippen LogP contribution is -2.43. The van der Waals surface area contributed by atoms with Gasteiger partial charge in [-0.05, 0) is 57.7 Å². The van der Waals surface area contributed by atoms with Gasteiger partial charge < -0.3 is 15.4 Å². The van der Waals surface area contributed by atoms with Crippen molar-refractivity contribution in [1.82, 2.24) is 20.1 Å². The molecular weight excluding hydrogens is 437 g/mol. The molecule has 8 nitrogen and oxygen atoms in total. The number of anilines is 1. The van der Waals surface area contributed by atoms with E-state index in [1.807, 2.05) is 46.0 Å². The fourth-order valence-electron chi connectivity index (χ4n) is 4.30. The van der Waals surface area contributed by atoms with Gasteiger partial charge in [0.05, 0.1) is 17.9 Å². The first-order valence-corrected chi connectivity index (χ1v) is 11.5. The van der Waals surface area contributed by atoms with Crippen LogP contribution in [0.15, 0.2) is 36.7 Å². The highest BCUT2D eigenvalue weighted by atomic mass is 19.1. The molecule has 9 heteroatoms. The molecule has 2 N–H and O–H groups in total. The molecule has 180 valence electrons. The summed E-state index contributed by atoms with van der Waals surface area (Å²) in [5, 5.41) is 10.9. The summed E-state index contributed by atoms with van der Waals surface area (Å²) >= 11 is 0. The lowest BCUT2D eigenvalue weighted by atomic mass is 9.85. The van der Waals surface area contributed by atoms with E-state index in [9.17, 15) is 14.0 Å². The van der Waals surface area contributed by atoms with E-state index < -0.39 is 17.5 Å². The number of hydrogen-bond acceptors (Lipinski definition) is 5. The second-order valence-corrected chi connectivity index (χ2v) is 9.79. The summed E-state index contributed by atoms with van der Waals surface area (Å²) in [6.45, 7) is 5.42. The number of amides is 2. The molecule has 34 heavy (non-hydrogen) atoms. The molecule has 0 bridgehead atoms. The molecule has 2 heterocycles. The standard InChI is InChI=1S/C25H30FN5O3/c1-25(2,3)34-24(33)29-18-7-5-6-16(10-18)23(32)30-22-12-19(20(26)14-27-22)15-8-9-17-13-28-31(4)21(17)11-15/h8-9,11-14,16,18H,5-7,10H2,1-4H3,(H,29,33)(H,27,30,32)/t16-,18+/m0/s1. The van der Waals surface area contributed by atoms with Gasteiger partial charge in [-0.2, -0.15) is 5.10 Å². The minimum atomic E-state index is -0.581. The van der Waals surface area contributed by atoms with Crippen molar-refractivity contribution >= 4 is 28.7 Å². The number of halogens is 1. The maximum absolute atomic E-state index is 14.6. The molecule has 0 radical (unpaired) electrons. The number of pyridine rings is 1. The quantitative estimate of drug-likeness (QED) is 0.575. The van der Waals surface area contributed by atoms with Crippen LogP contribution in [-0.4, -0.2) is 38.4 Å². The first-order chi connectivity index (χ1) is 16.1. The predicted octanol–water partition coefficient (Wildman–Crippen LogP) is 4.80. The van der Waals surface area contributed by atoms with Crippen molar-refractivity contribution in [2.24, 2.45) is 13.0 Å². The van der Waals surface area contributed by atoms with Crippen LogP contribution in [0.3, 0.4) is 0 Å². The van der Waals surface area contributed by atoms with Crippen molar-refractivity contribution < 1.29 is 18.7 Å². The number of ether oxygens (including phenoxy) is 1. The zero-order chi connectivity index (χ0) is 24.5. The van der Waals surface area contributed by atoms with E-state index in [0.717, 1.165) is 29.9 Å². The second-order valence-electron chi connectivity index (χ2n) is 9.79. The van der Waals surface area contributed by atoms with Gasteiger partial charge in [0.1, 0.15) is 17.2 Å². The van der Waals surface area contributed by atoms with E-state index in [0.29, 0.717) is 24.0 Å². The Morgan fingerprint density at radius 1 is 1.18 bits per heavy atom. The molecule has 2 amide bonds. The van der Waals surface area contributed by atoms with Crippen LogP contribution in [-0.2, 0) is 16.6 Å². The molecule has 0 saturated heterocycles. The third-order valence-corrected chi connectivity index (χ3v) is 5.93. The van der Waals surface area contributed by atoms with Crippen LogP contribution in [0.25, 0.3) is 22.0 Å². The fourth-order valence-corrected chi connectivity index (χ4v) is 4.30. The number of alkyl carbamates (subject to hydrolysis) is 1. The maximum atomic E-state index is 14.6. The number of carbonyl (C=O) groups excluding carboxylic acids is 2. The fraction of sp³-hybridized carbons (Fsp3) is 0.440. The molecule has 0 unspecified atom stereocenters. The molecule has 1 aromatic carbocycles. The van der Waals surface area contributed by atoms with Crippen LogP contribution >= 0.6 is 0 Å².